The summed E-state index contributed by atoms with van der Waals surface area (Å²) in [5.74, 6) is 1.17. The molecule has 0 radical (unpaired) electrons. The zero-order valence-corrected chi connectivity index (χ0v) is 13.0. The SMILES string of the molecule is Cc1cnc(N)c(N)c1-c1ccc(OCc2ccccc2)cc1. The summed E-state index contributed by atoms with van der Waals surface area (Å²) in [6, 6.07) is 17.9. The van der Waals surface area contributed by atoms with Gasteiger partial charge in [0.1, 0.15) is 18.2 Å². The number of nitrogen functional groups attached to an aromatic ring is 2. The molecule has 0 amide bonds. The number of hydrogen-bond acceptors (Lipinski definition) is 4. The van der Waals surface area contributed by atoms with E-state index >= 15 is 0 Å². The summed E-state index contributed by atoms with van der Waals surface area (Å²) in [7, 11) is 0. The van der Waals surface area contributed by atoms with Gasteiger partial charge in [0.25, 0.3) is 0 Å². The van der Waals surface area contributed by atoms with Gasteiger partial charge in [-0.1, -0.05) is 42.5 Å². The van der Waals surface area contributed by atoms with Gasteiger partial charge in [-0.2, -0.15) is 0 Å². The highest BCUT2D eigenvalue weighted by atomic mass is 16.5. The molecule has 3 rings (SSSR count). The minimum atomic E-state index is 0.356. The second-order valence-corrected chi connectivity index (χ2v) is 5.41. The summed E-state index contributed by atoms with van der Waals surface area (Å²) in [6.45, 7) is 2.52. The average molecular weight is 305 g/mol. The standard InChI is InChI=1S/C19H19N3O/c1-13-11-22-19(21)18(20)17(13)15-7-9-16(10-8-15)23-12-14-5-3-2-4-6-14/h2-11H,12,20H2,1H3,(H2,21,22). The maximum Gasteiger partial charge on any atom is 0.147 e. The molecule has 0 saturated heterocycles. The molecule has 1 heterocycles. The van der Waals surface area contributed by atoms with Crippen LogP contribution in [0.4, 0.5) is 11.5 Å². The first-order valence-corrected chi connectivity index (χ1v) is 7.43. The van der Waals surface area contributed by atoms with Crippen molar-refractivity contribution >= 4 is 11.5 Å². The van der Waals surface area contributed by atoms with Crippen LogP contribution in [0, 0.1) is 6.92 Å². The fraction of sp³-hybridized carbons (Fsp3) is 0.105. The molecule has 0 aliphatic carbocycles. The second-order valence-electron chi connectivity index (χ2n) is 5.41. The number of rotatable bonds is 4. The lowest BCUT2D eigenvalue weighted by Crippen LogP contribution is -2.02. The number of benzene rings is 2. The number of ether oxygens (including phenoxy) is 1. The number of anilines is 2. The van der Waals surface area contributed by atoms with Gasteiger partial charge in [0.2, 0.25) is 0 Å². The number of aryl methyl sites for hydroxylation is 1. The molecule has 3 aromatic rings. The van der Waals surface area contributed by atoms with Crippen LogP contribution in [0.1, 0.15) is 11.1 Å². The zero-order valence-electron chi connectivity index (χ0n) is 13.0. The smallest absolute Gasteiger partial charge is 0.147 e. The van der Waals surface area contributed by atoms with Crippen molar-refractivity contribution in [2.24, 2.45) is 0 Å². The number of hydrogen-bond donors (Lipinski definition) is 2. The van der Waals surface area contributed by atoms with Gasteiger partial charge in [-0.3, -0.25) is 0 Å². The number of aromatic nitrogens is 1. The molecule has 1 aromatic heterocycles. The number of nitrogens with two attached hydrogens (primary N) is 2. The van der Waals surface area contributed by atoms with E-state index in [9.17, 15) is 0 Å². The first-order chi connectivity index (χ1) is 11.1. The van der Waals surface area contributed by atoms with Gasteiger partial charge in [0, 0.05) is 11.8 Å². The Hall–Kier alpha value is -3.01. The lowest BCUT2D eigenvalue weighted by Gasteiger charge is -2.12. The number of pyridine rings is 1. The van der Waals surface area contributed by atoms with Crippen molar-refractivity contribution in [3.63, 3.8) is 0 Å². The van der Waals surface area contributed by atoms with Crippen LogP contribution in [0.2, 0.25) is 0 Å². The van der Waals surface area contributed by atoms with Gasteiger partial charge >= 0.3 is 0 Å². The molecule has 4 N–H and O–H groups in total. The molecule has 23 heavy (non-hydrogen) atoms. The Morgan fingerprint density at radius 2 is 1.65 bits per heavy atom. The largest absolute Gasteiger partial charge is 0.489 e. The summed E-state index contributed by atoms with van der Waals surface area (Å²) in [5.41, 5.74) is 16.5. The molecule has 0 fully saturated rings. The fourth-order valence-corrected chi connectivity index (χ4v) is 2.48. The van der Waals surface area contributed by atoms with Crippen LogP contribution in [-0.4, -0.2) is 4.98 Å². The Morgan fingerprint density at radius 3 is 2.35 bits per heavy atom. The Kier molecular flexibility index (Phi) is 4.15. The Labute approximate surface area is 135 Å². The molecule has 0 atom stereocenters. The topological polar surface area (TPSA) is 74.2 Å². The van der Waals surface area contributed by atoms with Crippen LogP contribution in [0.5, 0.6) is 5.75 Å². The normalized spacial score (nSPS) is 10.5. The summed E-state index contributed by atoms with van der Waals surface area (Å²) in [6.07, 6.45) is 1.74. The van der Waals surface area contributed by atoms with E-state index in [2.05, 4.69) is 4.98 Å². The van der Waals surface area contributed by atoms with E-state index in [-0.39, 0.29) is 0 Å². The third-order valence-electron chi connectivity index (χ3n) is 3.73. The molecule has 4 nitrogen and oxygen atoms in total. The lowest BCUT2D eigenvalue weighted by atomic mass is 10.0. The highest BCUT2D eigenvalue weighted by Crippen LogP contribution is 2.33. The lowest BCUT2D eigenvalue weighted by molar-refractivity contribution is 0.306. The third kappa shape index (κ3) is 3.26. The van der Waals surface area contributed by atoms with E-state index in [0.717, 1.165) is 28.0 Å². The minimum absolute atomic E-state index is 0.356. The van der Waals surface area contributed by atoms with Crippen molar-refractivity contribution in [1.29, 1.82) is 0 Å². The van der Waals surface area contributed by atoms with Crippen molar-refractivity contribution in [2.75, 3.05) is 11.5 Å². The third-order valence-corrected chi connectivity index (χ3v) is 3.73. The molecule has 0 aliphatic rings. The molecule has 0 spiro atoms. The second kappa shape index (κ2) is 6.40. The van der Waals surface area contributed by atoms with E-state index in [4.69, 9.17) is 16.2 Å². The van der Waals surface area contributed by atoms with Crippen molar-refractivity contribution in [1.82, 2.24) is 4.98 Å². The number of nitrogens with zero attached hydrogens (tertiary/aromatic N) is 1. The summed E-state index contributed by atoms with van der Waals surface area (Å²) in [4.78, 5) is 4.07. The van der Waals surface area contributed by atoms with Crippen LogP contribution < -0.4 is 16.2 Å². The fourth-order valence-electron chi connectivity index (χ4n) is 2.48. The van der Waals surface area contributed by atoms with Gasteiger partial charge in [-0.05, 0) is 35.7 Å². The molecule has 116 valence electrons. The van der Waals surface area contributed by atoms with Crippen molar-refractivity contribution in [2.45, 2.75) is 13.5 Å². The highest BCUT2D eigenvalue weighted by molar-refractivity contribution is 5.84. The summed E-state index contributed by atoms with van der Waals surface area (Å²) >= 11 is 0. The molecule has 0 aliphatic heterocycles. The molecule has 2 aromatic carbocycles. The molecular weight excluding hydrogens is 286 g/mol. The van der Waals surface area contributed by atoms with E-state index < -0.39 is 0 Å². The van der Waals surface area contributed by atoms with Crippen LogP contribution in [0.25, 0.3) is 11.1 Å². The molecule has 0 saturated carbocycles. The van der Waals surface area contributed by atoms with E-state index in [1.807, 2.05) is 61.5 Å². The monoisotopic (exact) mass is 305 g/mol. The van der Waals surface area contributed by atoms with Gasteiger partial charge in [0.05, 0.1) is 5.69 Å². The Morgan fingerprint density at radius 1 is 0.957 bits per heavy atom. The van der Waals surface area contributed by atoms with Crippen LogP contribution in [0.3, 0.4) is 0 Å². The summed E-state index contributed by atoms with van der Waals surface area (Å²) in [5, 5.41) is 0. The molecular formula is C19H19N3O. The van der Waals surface area contributed by atoms with Gasteiger partial charge in [0.15, 0.2) is 0 Å². The first-order valence-electron chi connectivity index (χ1n) is 7.43. The molecule has 4 heteroatoms. The zero-order chi connectivity index (χ0) is 16.2. The quantitative estimate of drug-likeness (QED) is 0.769. The van der Waals surface area contributed by atoms with Gasteiger partial charge in [-0.15, -0.1) is 0 Å². The molecule has 0 bridgehead atoms. The van der Waals surface area contributed by atoms with Crippen LogP contribution in [0.15, 0.2) is 60.8 Å². The van der Waals surface area contributed by atoms with Gasteiger partial charge < -0.3 is 16.2 Å². The first kappa shape index (κ1) is 14.9. The van der Waals surface area contributed by atoms with Gasteiger partial charge in [-0.25, -0.2) is 4.98 Å². The maximum atomic E-state index is 6.07. The molecule has 0 unspecified atom stereocenters. The van der Waals surface area contributed by atoms with Crippen LogP contribution >= 0.6 is 0 Å². The predicted octanol–water partition coefficient (Wildman–Crippen LogP) is 3.80. The van der Waals surface area contributed by atoms with E-state index in [1.54, 1.807) is 6.20 Å². The minimum Gasteiger partial charge on any atom is -0.489 e. The van der Waals surface area contributed by atoms with E-state index in [0.29, 0.717) is 18.1 Å². The predicted molar refractivity (Wildman–Crippen MR) is 94.0 cm³/mol. The van der Waals surface area contributed by atoms with Crippen molar-refractivity contribution < 1.29 is 4.74 Å². The van der Waals surface area contributed by atoms with Crippen LogP contribution in [-0.2, 0) is 6.61 Å². The van der Waals surface area contributed by atoms with E-state index in [1.165, 1.54) is 0 Å². The summed E-state index contributed by atoms with van der Waals surface area (Å²) < 4.78 is 5.80. The van der Waals surface area contributed by atoms with Crippen molar-refractivity contribution in [3.05, 3.63) is 71.9 Å². The Bertz CT molecular complexity index is 799. The maximum absolute atomic E-state index is 6.07. The van der Waals surface area contributed by atoms with Crippen molar-refractivity contribution in [3.8, 4) is 16.9 Å². The highest BCUT2D eigenvalue weighted by Gasteiger charge is 2.10. The average Bonchev–Trinajstić information content (AvgIpc) is 2.59. The Balaban J connectivity index is 1.79.